The molecule has 0 radical (unpaired) electrons. The van der Waals surface area contributed by atoms with Gasteiger partial charge in [0.2, 0.25) is 5.91 Å². The van der Waals surface area contributed by atoms with Crippen molar-refractivity contribution in [1.29, 1.82) is 0 Å². The summed E-state index contributed by atoms with van der Waals surface area (Å²) in [5.41, 5.74) is 1.03. The lowest BCUT2D eigenvalue weighted by atomic mass is 9.91. The van der Waals surface area contributed by atoms with Gasteiger partial charge in [-0.3, -0.25) is 20.7 Å². The van der Waals surface area contributed by atoms with Gasteiger partial charge in [0.1, 0.15) is 5.82 Å². The van der Waals surface area contributed by atoms with Gasteiger partial charge in [-0.2, -0.15) is 0 Å². The summed E-state index contributed by atoms with van der Waals surface area (Å²) in [7, 11) is 1.60. The zero-order valence-electron chi connectivity index (χ0n) is 14.6. The molecule has 2 fully saturated rings. The first kappa shape index (κ1) is 18.3. The zero-order chi connectivity index (χ0) is 17.6. The lowest BCUT2D eigenvalue weighted by Gasteiger charge is -2.34. The molecule has 0 spiro atoms. The normalized spacial score (nSPS) is 30.0. The van der Waals surface area contributed by atoms with E-state index in [4.69, 9.17) is 4.74 Å². The molecule has 1 amide bonds. The van der Waals surface area contributed by atoms with Crippen molar-refractivity contribution < 1.29 is 13.9 Å². The summed E-state index contributed by atoms with van der Waals surface area (Å²) in [6, 6.07) is 6.55. The standard InChI is InChI=1S/C18H27FN4O2/c1-25-18-20-8-7-15(22-18)17(24)23-16-6-5-13(11-21-16)9-12-3-2-4-14(19)10-12/h2-4,10,13,15-16,18,20-22H,5-9,11H2,1H3,(H,23,24). The number of methoxy groups -OCH3 is 1. The summed E-state index contributed by atoms with van der Waals surface area (Å²) in [6.07, 6.45) is 3.20. The van der Waals surface area contributed by atoms with E-state index in [1.807, 2.05) is 6.07 Å². The van der Waals surface area contributed by atoms with Crippen molar-refractivity contribution in [3.63, 3.8) is 0 Å². The molecular formula is C18H27FN4O2. The second kappa shape index (κ2) is 8.71. The Labute approximate surface area is 147 Å². The molecule has 4 unspecified atom stereocenters. The summed E-state index contributed by atoms with van der Waals surface area (Å²) < 4.78 is 18.5. The van der Waals surface area contributed by atoms with Crippen LogP contribution in [0.3, 0.4) is 0 Å². The fourth-order valence-corrected chi connectivity index (χ4v) is 3.52. The molecule has 4 atom stereocenters. The second-order valence-electron chi connectivity index (χ2n) is 6.82. The lowest BCUT2D eigenvalue weighted by molar-refractivity contribution is -0.127. The van der Waals surface area contributed by atoms with Crippen LogP contribution in [-0.2, 0) is 16.0 Å². The highest BCUT2D eigenvalue weighted by Gasteiger charge is 2.28. The molecule has 1 aromatic rings. The lowest BCUT2D eigenvalue weighted by Crippen LogP contribution is -2.61. The number of nitrogens with one attached hydrogen (secondary N) is 4. The Hall–Kier alpha value is -1.54. The molecule has 2 saturated heterocycles. The van der Waals surface area contributed by atoms with Crippen LogP contribution in [0.2, 0.25) is 0 Å². The number of hydrogen-bond donors (Lipinski definition) is 4. The van der Waals surface area contributed by atoms with Gasteiger partial charge in [-0.1, -0.05) is 12.1 Å². The first-order chi connectivity index (χ1) is 12.1. The predicted octanol–water partition coefficient (Wildman–Crippen LogP) is 0.692. The van der Waals surface area contributed by atoms with Crippen LogP contribution < -0.4 is 21.3 Å². The Morgan fingerprint density at radius 2 is 2.20 bits per heavy atom. The smallest absolute Gasteiger partial charge is 0.238 e. The van der Waals surface area contributed by atoms with Crippen molar-refractivity contribution in [2.45, 2.75) is 44.2 Å². The molecule has 3 rings (SSSR count). The summed E-state index contributed by atoms with van der Waals surface area (Å²) in [6.45, 7) is 1.57. The van der Waals surface area contributed by atoms with Crippen LogP contribution >= 0.6 is 0 Å². The van der Waals surface area contributed by atoms with E-state index in [0.717, 1.165) is 44.3 Å². The average molecular weight is 350 g/mol. The Morgan fingerprint density at radius 1 is 1.32 bits per heavy atom. The molecule has 25 heavy (non-hydrogen) atoms. The SMILES string of the molecule is COC1NCCC(C(=O)NC2CCC(Cc3cccc(F)c3)CN2)N1. The number of amides is 1. The van der Waals surface area contributed by atoms with E-state index in [-0.39, 0.29) is 30.3 Å². The van der Waals surface area contributed by atoms with Crippen LogP contribution in [-0.4, -0.2) is 44.7 Å². The van der Waals surface area contributed by atoms with Crippen molar-refractivity contribution in [1.82, 2.24) is 21.3 Å². The van der Waals surface area contributed by atoms with Crippen LogP contribution in [0.25, 0.3) is 0 Å². The number of halogens is 1. The van der Waals surface area contributed by atoms with Crippen molar-refractivity contribution in [2.75, 3.05) is 20.2 Å². The third-order valence-electron chi connectivity index (χ3n) is 4.91. The molecule has 6 nitrogen and oxygen atoms in total. The molecule has 0 aromatic heterocycles. The van der Waals surface area contributed by atoms with Gasteiger partial charge >= 0.3 is 0 Å². The summed E-state index contributed by atoms with van der Waals surface area (Å²) in [5, 5.41) is 12.7. The quantitative estimate of drug-likeness (QED) is 0.629. The van der Waals surface area contributed by atoms with Gasteiger partial charge in [0.05, 0.1) is 12.2 Å². The number of carbonyl (C=O) groups excluding carboxylic acids is 1. The van der Waals surface area contributed by atoms with Crippen LogP contribution in [0.1, 0.15) is 24.8 Å². The van der Waals surface area contributed by atoms with Crippen molar-refractivity contribution in [3.05, 3.63) is 35.6 Å². The molecule has 7 heteroatoms. The molecule has 0 bridgehead atoms. The number of carbonyl (C=O) groups is 1. The van der Waals surface area contributed by atoms with Gasteiger partial charge in [0, 0.05) is 20.2 Å². The number of hydrogen-bond acceptors (Lipinski definition) is 5. The fraction of sp³-hybridized carbons (Fsp3) is 0.611. The maximum absolute atomic E-state index is 13.3. The van der Waals surface area contributed by atoms with Crippen LogP contribution in [0.5, 0.6) is 0 Å². The van der Waals surface area contributed by atoms with Crippen molar-refractivity contribution >= 4 is 5.91 Å². The van der Waals surface area contributed by atoms with Crippen LogP contribution in [0.15, 0.2) is 24.3 Å². The van der Waals surface area contributed by atoms with Crippen molar-refractivity contribution in [3.8, 4) is 0 Å². The minimum atomic E-state index is -0.278. The van der Waals surface area contributed by atoms with Crippen molar-refractivity contribution in [2.24, 2.45) is 5.92 Å². The fourth-order valence-electron chi connectivity index (χ4n) is 3.52. The Morgan fingerprint density at radius 3 is 2.92 bits per heavy atom. The molecule has 2 heterocycles. The van der Waals surface area contributed by atoms with Gasteiger partial charge in [0.15, 0.2) is 6.35 Å². The topological polar surface area (TPSA) is 74.4 Å². The van der Waals surface area contributed by atoms with E-state index < -0.39 is 0 Å². The van der Waals surface area contributed by atoms with Gasteiger partial charge in [-0.15, -0.1) is 0 Å². The Kier molecular flexibility index (Phi) is 6.36. The van der Waals surface area contributed by atoms with E-state index >= 15 is 0 Å². The highest BCUT2D eigenvalue weighted by Crippen LogP contribution is 2.19. The molecule has 1 aromatic carbocycles. The third kappa shape index (κ3) is 5.22. The first-order valence-corrected chi connectivity index (χ1v) is 8.94. The highest BCUT2D eigenvalue weighted by atomic mass is 19.1. The predicted molar refractivity (Wildman–Crippen MR) is 93.1 cm³/mol. The summed E-state index contributed by atoms with van der Waals surface area (Å²) in [4.78, 5) is 12.4. The van der Waals surface area contributed by atoms with Gasteiger partial charge in [-0.05, 0) is 49.3 Å². The first-order valence-electron chi connectivity index (χ1n) is 8.94. The largest absolute Gasteiger partial charge is 0.353 e. The average Bonchev–Trinajstić information content (AvgIpc) is 2.63. The van der Waals surface area contributed by atoms with E-state index in [9.17, 15) is 9.18 Å². The second-order valence-corrected chi connectivity index (χ2v) is 6.82. The molecule has 2 aliphatic heterocycles. The zero-order valence-corrected chi connectivity index (χ0v) is 14.6. The molecular weight excluding hydrogens is 323 g/mol. The van der Waals surface area contributed by atoms with Gasteiger partial charge in [0.25, 0.3) is 0 Å². The van der Waals surface area contributed by atoms with E-state index in [1.54, 1.807) is 19.2 Å². The van der Waals surface area contributed by atoms with E-state index in [1.165, 1.54) is 6.07 Å². The summed E-state index contributed by atoms with van der Waals surface area (Å²) in [5.74, 6) is 0.282. The minimum absolute atomic E-state index is 0.00429. The molecule has 138 valence electrons. The van der Waals surface area contributed by atoms with Gasteiger partial charge < -0.3 is 10.1 Å². The van der Waals surface area contributed by atoms with Gasteiger partial charge in [-0.25, -0.2) is 4.39 Å². The number of benzene rings is 1. The van der Waals surface area contributed by atoms with Crippen LogP contribution in [0.4, 0.5) is 4.39 Å². The third-order valence-corrected chi connectivity index (χ3v) is 4.91. The van der Waals surface area contributed by atoms with Crippen LogP contribution in [0, 0.1) is 11.7 Å². The molecule has 4 N–H and O–H groups in total. The molecule has 0 saturated carbocycles. The minimum Gasteiger partial charge on any atom is -0.353 e. The molecule has 2 aliphatic rings. The Bertz CT molecular complexity index is 578. The summed E-state index contributed by atoms with van der Waals surface area (Å²) >= 11 is 0. The molecule has 0 aliphatic carbocycles. The monoisotopic (exact) mass is 350 g/mol. The highest BCUT2D eigenvalue weighted by molar-refractivity contribution is 5.82. The number of piperidine rings is 1. The maximum Gasteiger partial charge on any atom is 0.238 e. The van der Waals surface area contributed by atoms with E-state index in [0.29, 0.717) is 5.92 Å². The number of rotatable bonds is 5. The Balaban J connectivity index is 1.42. The maximum atomic E-state index is 13.3. The number of ether oxygens (including phenoxy) is 1. The van der Waals surface area contributed by atoms with E-state index in [2.05, 4.69) is 21.3 Å².